The quantitative estimate of drug-likeness (QED) is 0.152. The highest BCUT2D eigenvalue weighted by atomic mass is 15.0. The molecule has 8 rings (SSSR count). The zero-order chi connectivity index (χ0) is 34.6. The molecule has 0 unspecified atom stereocenters. The van der Waals surface area contributed by atoms with E-state index in [1.165, 1.54) is 0 Å². The van der Waals surface area contributed by atoms with Gasteiger partial charge in [0.1, 0.15) is 0 Å². The predicted octanol–water partition coefficient (Wildman–Crippen LogP) is 11.3. The number of hydrogen-bond donors (Lipinski definition) is 0. The zero-order valence-electron chi connectivity index (χ0n) is 28.1. The van der Waals surface area contributed by atoms with Crippen molar-refractivity contribution in [2.75, 3.05) is 0 Å². The maximum Gasteiger partial charge on any atom is 0.164 e. The molecular formula is C46H33N5. The molecule has 0 saturated heterocycles. The second-order valence-electron chi connectivity index (χ2n) is 12.3. The van der Waals surface area contributed by atoms with Gasteiger partial charge < -0.3 is 0 Å². The van der Waals surface area contributed by atoms with Crippen LogP contribution in [0.4, 0.5) is 0 Å². The topological polar surface area (TPSA) is 64.5 Å². The number of pyridine rings is 2. The first kappa shape index (κ1) is 31.4. The smallest absolute Gasteiger partial charge is 0.164 e. The molecule has 5 nitrogen and oxygen atoms in total. The Morgan fingerprint density at radius 1 is 0.490 bits per heavy atom. The van der Waals surface area contributed by atoms with Gasteiger partial charge in [0.25, 0.3) is 0 Å². The van der Waals surface area contributed by atoms with Crippen LogP contribution in [0.5, 0.6) is 0 Å². The van der Waals surface area contributed by atoms with Crippen molar-refractivity contribution >= 4 is 33.0 Å². The number of allylic oxidation sites excluding steroid dienone is 5. The van der Waals surface area contributed by atoms with Crippen LogP contribution in [0, 0.1) is 0 Å². The molecule has 5 heteroatoms. The molecule has 0 aliphatic heterocycles. The van der Waals surface area contributed by atoms with E-state index in [9.17, 15) is 0 Å². The monoisotopic (exact) mass is 655 g/mol. The average Bonchev–Trinajstić information content (AvgIpc) is 3.21. The number of fused-ring (bicyclic) bond motifs is 2. The van der Waals surface area contributed by atoms with Gasteiger partial charge >= 0.3 is 0 Å². The third-order valence-electron chi connectivity index (χ3n) is 9.02. The molecule has 0 fully saturated rings. The number of hydrogen-bond acceptors (Lipinski definition) is 5. The lowest BCUT2D eigenvalue weighted by Crippen LogP contribution is -2.02. The Labute approximate surface area is 297 Å². The van der Waals surface area contributed by atoms with Crippen molar-refractivity contribution in [3.8, 4) is 45.0 Å². The highest BCUT2D eigenvalue weighted by molar-refractivity contribution is 5.94. The summed E-state index contributed by atoms with van der Waals surface area (Å²) in [5, 5.41) is 2.21. The molecule has 0 aliphatic carbocycles. The lowest BCUT2D eigenvalue weighted by molar-refractivity contribution is 1.04. The first-order valence-electron chi connectivity index (χ1n) is 16.9. The van der Waals surface area contributed by atoms with Gasteiger partial charge in [-0.2, -0.15) is 0 Å². The SMILES string of the molecule is C=C/C(=C\C=C(/C)c1cccc2cccnc12)c1nc(-c2ccc(-c3ccccc3)cc2)nc(-c2ccc(-c3cccc4cccnc34)cc2)n1. The highest BCUT2D eigenvalue weighted by Crippen LogP contribution is 2.31. The van der Waals surface area contributed by atoms with Crippen LogP contribution < -0.4 is 0 Å². The second-order valence-corrected chi connectivity index (χ2v) is 12.3. The van der Waals surface area contributed by atoms with Gasteiger partial charge in [0.2, 0.25) is 0 Å². The van der Waals surface area contributed by atoms with Gasteiger partial charge in [-0.05, 0) is 41.3 Å². The largest absolute Gasteiger partial charge is 0.256 e. The summed E-state index contributed by atoms with van der Waals surface area (Å²) in [6.45, 7) is 6.23. The minimum absolute atomic E-state index is 0.541. The van der Waals surface area contributed by atoms with E-state index in [-0.39, 0.29) is 0 Å². The maximum atomic E-state index is 5.00. The standard InChI is InChI=1S/C46H33N5/c1-3-32(20-19-31(2)40-17-7-13-36-15-9-29-47-42(36)40)44-49-45(38-25-21-34(22-26-38)33-11-5-4-6-12-33)51-46(50-44)39-27-23-35(24-28-39)41-18-8-14-37-16-10-30-48-43(37)41/h3-30H,1H2,2H3/b31-19+,32-20+. The van der Waals surface area contributed by atoms with E-state index >= 15 is 0 Å². The highest BCUT2D eigenvalue weighted by Gasteiger charge is 2.14. The first-order chi connectivity index (χ1) is 25.1. The van der Waals surface area contributed by atoms with Gasteiger partial charge in [-0.15, -0.1) is 0 Å². The van der Waals surface area contributed by atoms with Crippen LogP contribution in [-0.4, -0.2) is 24.9 Å². The third kappa shape index (κ3) is 6.48. The van der Waals surface area contributed by atoms with E-state index < -0.39 is 0 Å². The third-order valence-corrected chi connectivity index (χ3v) is 9.02. The maximum absolute atomic E-state index is 5.00. The van der Waals surface area contributed by atoms with Crippen molar-refractivity contribution in [1.82, 2.24) is 24.9 Å². The molecule has 0 spiro atoms. The fourth-order valence-electron chi connectivity index (χ4n) is 6.30. The molecule has 0 atom stereocenters. The van der Waals surface area contributed by atoms with Crippen molar-refractivity contribution in [2.24, 2.45) is 0 Å². The Kier molecular flexibility index (Phi) is 8.59. The van der Waals surface area contributed by atoms with E-state index in [1.807, 2.05) is 48.8 Å². The fourth-order valence-corrected chi connectivity index (χ4v) is 6.30. The predicted molar refractivity (Wildman–Crippen MR) is 210 cm³/mol. The summed E-state index contributed by atoms with van der Waals surface area (Å²) in [4.78, 5) is 24.3. The van der Waals surface area contributed by atoms with Crippen molar-refractivity contribution in [1.29, 1.82) is 0 Å². The van der Waals surface area contributed by atoms with Crippen LogP contribution in [0.15, 0.2) is 177 Å². The summed E-state index contributed by atoms with van der Waals surface area (Å²) in [5.41, 5.74) is 11.1. The number of aromatic nitrogens is 5. The van der Waals surface area contributed by atoms with Crippen LogP contribution in [0.25, 0.3) is 78.0 Å². The molecule has 8 aromatic rings. The van der Waals surface area contributed by atoms with Crippen molar-refractivity contribution in [2.45, 2.75) is 6.92 Å². The Balaban J connectivity index is 1.21. The lowest BCUT2D eigenvalue weighted by atomic mass is 10.0. The van der Waals surface area contributed by atoms with Gasteiger partial charge in [0, 0.05) is 51.0 Å². The summed E-state index contributed by atoms with van der Waals surface area (Å²) in [5.74, 6) is 1.71. The molecule has 0 bridgehead atoms. The van der Waals surface area contributed by atoms with Crippen LogP contribution in [-0.2, 0) is 0 Å². The first-order valence-corrected chi connectivity index (χ1v) is 16.9. The van der Waals surface area contributed by atoms with Crippen molar-refractivity contribution in [3.63, 3.8) is 0 Å². The Morgan fingerprint density at radius 3 is 1.71 bits per heavy atom. The fraction of sp³-hybridized carbons (Fsp3) is 0.0217. The molecule has 242 valence electrons. The van der Waals surface area contributed by atoms with Gasteiger partial charge in [0.15, 0.2) is 17.5 Å². The van der Waals surface area contributed by atoms with Crippen LogP contribution in [0.2, 0.25) is 0 Å². The van der Waals surface area contributed by atoms with Crippen LogP contribution in [0.1, 0.15) is 18.3 Å². The van der Waals surface area contributed by atoms with Gasteiger partial charge in [0.05, 0.1) is 11.0 Å². The van der Waals surface area contributed by atoms with Crippen LogP contribution >= 0.6 is 0 Å². The average molecular weight is 656 g/mol. The second kappa shape index (κ2) is 13.9. The molecular weight excluding hydrogens is 623 g/mol. The Bertz CT molecular complexity index is 2580. The number of para-hydroxylation sites is 2. The molecule has 0 amide bonds. The van der Waals surface area contributed by atoms with E-state index in [0.717, 1.165) is 71.9 Å². The van der Waals surface area contributed by atoms with Gasteiger partial charge in [-0.3, -0.25) is 9.97 Å². The molecule has 0 aliphatic rings. The molecule has 3 aromatic heterocycles. The van der Waals surface area contributed by atoms with Gasteiger partial charge in [-0.25, -0.2) is 15.0 Å². The summed E-state index contributed by atoms with van der Waals surface area (Å²) in [6, 6.07) is 47.6. The molecule has 0 saturated carbocycles. The molecule has 0 N–H and O–H groups in total. The molecule has 0 radical (unpaired) electrons. The molecule has 5 aromatic carbocycles. The summed E-state index contributed by atoms with van der Waals surface area (Å²) < 4.78 is 0. The van der Waals surface area contributed by atoms with Gasteiger partial charge in [-0.1, -0.05) is 152 Å². The number of benzene rings is 5. The van der Waals surface area contributed by atoms with E-state index in [2.05, 4.69) is 139 Å². The minimum Gasteiger partial charge on any atom is -0.256 e. The van der Waals surface area contributed by atoms with E-state index in [0.29, 0.717) is 17.5 Å². The van der Waals surface area contributed by atoms with E-state index in [1.54, 1.807) is 6.08 Å². The van der Waals surface area contributed by atoms with E-state index in [4.69, 9.17) is 15.0 Å². The van der Waals surface area contributed by atoms with Crippen molar-refractivity contribution < 1.29 is 0 Å². The lowest BCUT2D eigenvalue weighted by Gasteiger charge is -2.11. The molecule has 51 heavy (non-hydrogen) atoms. The van der Waals surface area contributed by atoms with Crippen LogP contribution in [0.3, 0.4) is 0 Å². The summed E-state index contributed by atoms with van der Waals surface area (Å²) >= 11 is 0. The Hall–Kier alpha value is -6.85. The molecule has 3 heterocycles. The number of nitrogens with zero attached hydrogens (tertiary/aromatic N) is 5. The summed E-state index contributed by atoms with van der Waals surface area (Å²) in [7, 11) is 0. The number of rotatable bonds is 8. The van der Waals surface area contributed by atoms with Crippen molar-refractivity contribution in [3.05, 3.63) is 188 Å². The Morgan fingerprint density at radius 2 is 1.04 bits per heavy atom. The normalized spacial score (nSPS) is 11.9. The summed E-state index contributed by atoms with van der Waals surface area (Å²) in [6.07, 6.45) is 9.55. The zero-order valence-corrected chi connectivity index (χ0v) is 28.1. The minimum atomic E-state index is 0.541.